The molecule has 22 heavy (non-hydrogen) atoms. The Hall–Kier alpha value is -2.06. The van der Waals surface area contributed by atoms with Crippen molar-refractivity contribution in [2.24, 2.45) is 0 Å². The summed E-state index contributed by atoms with van der Waals surface area (Å²) in [6, 6.07) is 13.9. The lowest BCUT2D eigenvalue weighted by Gasteiger charge is -2.19. The largest absolute Gasteiger partial charge is 0.496 e. The summed E-state index contributed by atoms with van der Waals surface area (Å²) < 4.78 is 23.9. The smallest absolute Gasteiger partial charge is 0.233 e. The highest BCUT2D eigenvalue weighted by molar-refractivity contribution is 7.87. The van der Waals surface area contributed by atoms with Crippen molar-refractivity contribution in [1.29, 1.82) is 0 Å². The third kappa shape index (κ3) is 2.79. The molecule has 0 N–H and O–H groups in total. The number of hydrogen-bond donors (Lipinski definition) is 0. The van der Waals surface area contributed by atoms with E-state index in [2.05, 4.69) is 0 Å². The quantitative estimate of drug-likeness (QED) is 0.764. The van der Waals surface area contributed by atoms with Crippen molar-refractivity contribution in [3.05, 3.63) is 54.1 Å². The highest BCUT2D eigenvalue weighted by Crippen LogP contribution is 2.50. The molecule has 0 bridgehead atoms. The van der Waals surface area contributed by atoms with Crippen LogP contribution in [0.25, 0.3) is 0 Å². The molecule has 0 fully saturated rings. The van der Waals surface area contributed by atoms with Crippen LogP contribution >= 0.6 is 7.14 Å². The summed E-state index contributed by atoms with van der Waals surface area (Å²) in [5.41, 5.74) is -0.197. The number of hydrogen-bond acceptors (Lipinski definition) is 4. The molecule has 2 rings (SSSR count). The van der Waals surface area contributed by atoms with Crippen LogP contribution in [0.15, 0.2) is 48.5 Å². The molecule has 2 aromatic rings. The fraction of sp³-hybridized carbons (Fsp3) is 0.235. The first-order chi connectivity index (χ1) is 10.6. The Morgan fingerprint density at radius 2 is 1.50 bits per heavy atom. The minimum atomic E-state index is -3.24. The van der Waals surface area contributed by atoms with Crippen molar-refractivity contribution in [3.8, 4) is 11.5 Å². The van der Waals surface area contributed by atoms with E-state index in [1.165, 1.54) is 14.2 Å². The second-order valence-electron chi connectivity index (χ2n) is 4.73. The van der Waals surface area contributed by atoms with Gasteiger partial charge in [0.2, 0.25) is 5.52 Å². The molecule has 1 unspecified atom stereocenters. The normalized spacial score (nSPS) is 13.2. The SMILES string of the molecule is CCP(=O)(C(=O)c1c(OC)cccc1OC)c1ccccc1. The molecule has 5 heteroatoms. The zero-order valence-corrected chi connectivity index (χ0v) is 13.8. The van der Waals surface area contributed by atoms with Crippen molar-refractivity contribution in [1.82, 2.24) is 0 Å². The molecule has 0 saturated heterocycles. The molecule has 0 aliphatic carbocycles. The van der Waals surface area contributed by atoms with Gasteiger partial charge in [0, 0.05) is 11.5 Å². The fourth-order valence-corrected chi connectivity index (χ4v) is 4.48. The molecule has 2 aromatic carbocycles. The van der Waals surface area contributed by atoms with Gasteiger partial charge in [-0.1, -0.05) is 43.3 Å². The molecular weight excluding hydrogens is 299 g/mol. The Labute approximate surface area is 130 Å². The van der Waals surface area contributed by atoms with E-state index in [4.69, 9.17) is 9.47 Å². The van der Waals surface area contributed by atoms with Gasteiger partial charge in [-0.3, -0.25) is 4.79 Å². The number of ether oxygens (including phenoxy) is 2. The topological polar surface area (TPSA) is 52.6 Å². The van der Waals surface area contributed by atoms with Crippen LogP contribution in [-0.4, -0.2) is 25.9 Å². The Balaban J connectivity index is 2.62. The predicted octanol–water partition coefficient (Wildman–Crippen LogP) is 3.55. The molecule has 1 atom stereocenters. The lowest BCUT2D eigenvalue weighted by molar-refractivity contribution is 0.107. The van der Waals surface area contributed by atoms with Crippen molar-refractivity contribution in [2.45, 2.75) is 6.92 Å². The highest BCUT2D eigenvalue weighted by atomic mass is 31.2. The predicted molar refractivity (Wildman–Crippen MR) is 88.1 cm³/mol. The molecule has 116 valence electrons. The summed E-state index contributed by atoms with van der Waals surface area (Å²) >= 11 is 0. The van der Waals surface area contributed by atoms with Gasteiger partial charge in [-0.2, -0.15) is 0 Å². The Kier molecular flexibility index (Phi) is 5.04. The number of carbonyl (C=O) groups is 1. The first-order valence-electron chi connectivity index (χ1n) is 6.99. The van der Waals surface area contributed by atoms with Gasteiger partial charge in [0.25, 0.3) is 0 Å². The molecule has 0 heterocycles. The highest BCUT2D eigenvalue weighted by Gasteiger charge is 2.36. The van der Waals surface area contributed by atoms with E-state index in [0.717, 1.165) is 0 Å². The van der Waals surface area contributed by atoms with Gasteiger partial charge in [0.05, 0.1) is 14.2 Å². The Morgan fingerprint density at radius 3 is 1.95 bits per heavy atom. The summed E-state index contributed by atoms with van der Waals surface area (Å²) in [5.74, 6) is 0.739. The van der Waals surface area contributed by atoms with Gasteiger partial charge in [0.15, 0.2) is 7.14 Å². The van der Waals surface area contributed by atoms with Crippen LogP contribution in [0.2, 0.25) is 0 Å². The standard InChI is InChI=1S/C17H19O4P/c1-4-22(19,13-9-6-5-7-10-13)17(18)16-14(20-2)11-8-12-15(16)21-3/h5-12H,4H2,1-3H3. The zero-order chi connectivity index (χ0) is 16.2. The fourth-order valence-electron chi connectivity index (χ4n) is 2.35. The molecule has 0 saturated carbocycles. The minimum absolute atomic E-state index is 0.238. The molecule has 0 aromatic heterocycles. The van der Waals surface area contributed by atoms with Crippen molar-refractivity contribution >= 4 is 18.0 Å². The van der Waals surface area contributed by atoms with Gasteiger partial charge in [-0.15, -0.1) is 0 Å². The summed E-state index contributed by atoms with van der Waals surface area (Å²) in [6.07, 6.45) is 0.247. The van der Waals surface area contributed by atoms with Gasteiger partial charge in [0.1, 0.15) is 17.1 Å². The summed E-state index contributed by atoms with van der Waals surface area (Å²) in [4.78, 5) is 13.0. The minimum Gasteiger partial charge on any atom is -0.496 e. The second kappa shape index (κ2) is 6.80. The monoisotopic (exact) mass is 318 g/mol. The average molecular weight is 318 g/mol. The maximum Gasteiger partial charge on any atom is 0.233 e. The number of methoxy groups -OCH3 is 2. The Bertz CT molecular complexity index is 688. The van der Waals surface area contributed by atoms with Crippen LogP contribution < -0.4 is 14.8 Å². The summed E-state index contributed by atoms with van der Waals surface area (Å²) in [6.45, 7) is 1.76. The molecule has 4 nitrogen and oxygen atoms in total. The first-order valence-corrected chi connectivity index (χ1v) is 8.88. The molecule has 0 aliphatic rings. The van der Waals surface area contributed by atoms with Gasteiger partial charge in [-0.25, -0.2) is 0 Å². The molecule has 0 aliphatic heterocycles. The molecule has 0 radical (unpaired) electrons. The third-order valence-corrected chi connectivity index (χ3v) is 6.49. The lowest BCUT2D eigenvalue weighted by atomic mass is 10.2. The van der Waals surface area contributed by atoms with E-state index in [1.807, 2.05) is 6.07 Å². The van der Waals surface area contributed by atoms with E-state index in [0.29, 0.717) is 16.8 Å². The summed E-state index contributed by atoms with van der Waals surface area (Å²) in [7, 11) is -0.290. The van der Waals surface area contributed by atoms with E-state index in [9.17, 15) is 9.36 Å². The van der Waals surface area contributed by atoms with Crippen LogP contribution in [0.5, 0.6) is 11.5 Å². The first kappa shape index (κ1) is 16.3. The van der Waals surface area contributed by atoms with Gasteiger partial charge < -0.3 is 14.0 Å². The second-order valence-corrected chi connectivity index (χ2v) is 7.77. The molecular formula is C17H19O4P. The van der Waals surface area contributed by atoms with Crippen molar-refractivity contribution < 1.29 is 18.8 Å². The third-order valence-electron chi connectivity index (χ3n) is 3.59. The van der Waals surface area contributed by atoms with Crippen molar-refractivity contribution in [3.63, 3.8) is 0 Å². The van der Waals surface area contributed by atoms with E-state index in [1.54, 1.807) is 49.4 Å². The van der Waals surface area contributed by atoms with E-state index >= 15 is 0 Å². The van der Waals surface area contributed by atoms with Crippen LogP contribution in [0.4, 0.5) is 0 Å². The summed E-state index contributed by atoms with van der Waals surface area (Å²) in [5, 5.41) is 0.551. The van der Waals surface area contributed by atoms with Gasteiger partial charge in [-0.05, 0) is 12.1 Å². The number of benzene rings is 2. The number of rotatable bonds is 6. The van der Waals surface area contributed by atoms with E-state index < -0.39 is 12.7 Å². The van der Waals surface area contributed by atoms with Crippen LogP contribution in [-0.2, 0) is 4.57 Å². The van der Waals surface area contributed by atoms with Gasteiger partial charge >= 0.3 is 0 Å². The molecule has 0 amide bonds. The Morgan fingerprint density at radius 1 is 0.955 bits per heavy atom. The maximum atomic E-state index is 13.4. The van der Waals surface area contributed by atoms with Crippen LogP contribution in [0.3, 0.4) is 0 Å². The van der Waals surface area contributed by atoms with Crippen LogP contribution in [0.1, 0.15) is 17.3 Å². The number of carbonyl (C=O) groups excluding carboxylic acids is 1. The average Bonchev–Trinajstić information content (AvgIpc) is 2.60. The van der Waals surface area contributed by atoms with Crippen molar-refractivity contribution in [2.75, 3.05) is 20.4 Å². The molecule has 0 spiro atoms. The lowest BCUT2D eigenvalue weighted by Crippen LogP contribution is -2.16. The maximum absolute atomic E-state index is 13.4. The van der Waals surface area contributed by atoms with E-state index in [-0.39, 0.29) is 11.7 Å². The zero-order valence-electron chi connectivity index (χ0n) is 12.9. The van der Waals surface area contributed by atoms with Crippen LogP contribution in [0, 0.1) is 0 Å².